The van der Waals surface area contributed by atoms with Gasteiger partial charge in [0.1, 0.15) is 23.9 Å². The molecule has 4 amide bonds. The topological polar surface area (TPSA) is 191 Å². The Morgan fingerprint density at radius 1 is 0.929 bits per heavy atom. The zero-order chi connectivity index (χ0) is 30.8. The maximum Gasteiger partial charge on any atom is 0.326 e. The number of carboxylic acids is 1. The van der Waals surface area contributed by atoms with Gasteiger partial charge in [0, 0.05) is 13.0 Å². The van der Waals surface area contributed by atoms with Crippen LogP contribution in [0, 0.1) is 5.92 Å². The van der Waals surface area contributed by atoms with Gasteiger partial charge in [-0.15, -0.1) is 0 Å². The summed E-state index contributed by atoms with van der Waals surface area (Å²) in [6.45, 7) is 3.21. The summed E-state index contributed by atoms with van der Waals surface area (Å²) < 4.78 is 0. The van der Waals surface area contributed by atoms with E-state index >= 15 is 0 Å². The highest BCUT2D eigenvalue weighted by atomic mass is 16.4. The number of nitrogens with one attached hydrogen (secondary N) is 3. The van der Waals surface area contributed by atoms with Crippen LogP contribution in [0.2, 0.25) is 0 Å². The lowest BCUT2D eigenvalue weighted by Gasteiger charge is -2.27. The highest BCUT2D eigenvalue weighted by Gasteiger charge is 2.36. The fourth-order valence-electron chi connectivity index (χ4n) is 4.80. The summed E-state index contributed by atoms with van der Waals surface area (Å²) in [6, 6.07) is 11.4. The Balaban J connectivity index is 1.65. The van der Waals surface area contributed by atoms with E-state index in [0.29, 0.717) is 18.4 Å². The lowest BCUT2D eigenvalue weighted by atomic mass is 10.0. The zero-order valence-corrected chi connectivity index (χ0v) is 23.8. The van der Waals surface area contributed by atoms with E-state index in [4.69, 9.17) is 5.73 Å². The lowest BCUT2D eigenvalue weighted by molar-refractivity contribution is -0.145. The van der Waals surface area contributed by atoms with Crippen molar-refractivity contribution in [2.45, 2.75) is 63.7 Å². The van der Waals surface area contributed by atoms with E-state index in [9.17, 15) is 34.2 Å². The number of aromatic hydroxyl groups is 1. The Morgan fingerprint density at radius 2 is 1.57 bits per heavy atom. The van der Waals surface area contributed by atoms with Gasteiger partial charge >= 0.3 is 5.97 Å². The van der Waals surface area contributed by atoms with Crippen LogP contribution >= 0.6 is 0 Å². The molecule has 0 radical (unpaired) electrons. The van der Waals surface area contributed by atoms with Gasteiger partial charge in [-0.1, -0.05) is 56.3 Å². The number of nitrogens with zero attached hydrogens (tertiary/aromatic N) is 1. The molecule has 3 rings (SSSR count). The predicted molar refractivity (Wildman–Crippen MR) is 154 cm³/mol. The summed E-state index contributed by atoms with van der Waals surface area (Å²) in [5.74, 6) is -3.69. The summed E-state index contributed by atoms with van der Waals surface area (Å²) in [5, 5.41) is 26.8. The second-order valence-electron chi connectivity index (χ2n) is 10.8. The maximum absolute atomic E-state index is 13.2. The molecule has 12 nitrogen and oxygen atoms in total. The Labute approximate surface area is 244 Å². The van der Waals surface area contributed by atoms with Crippen molar-refractivity contribution in [3.05, 3.63) is 65.7 Å². The van der Waals surface area contributed by atoms with Gasteiger partial charge in [-0.05, 0) is 48.4 Å². The van der Waals surface area contributed by atoms with Crippen molar-refractivity contribution >= 4 is 29.6 Å². The number of phenols is 1. The fraction of sp³-hybridized carbons (Fsp3) is 0.433. The van der Waals surface area contributed by atoms with Gasteiger partial charge in [-0.25, -0.2) is 4.79 Å². The smallest absolute Gasteiger partial charge is 0.326 e. The first kappa shape index (κ1) is 32.1. The maximum atomic E-state index is 13.2. The first-order valence-corrected chi connectivity index (χ1v) is 13.9. The largest absolute Gasteiger partial charge is 0.508 e. The van der Waals surface area contributed by atoms with Gasteiger partial charge in [0.15, 0.2) is 0 Å². The second kappa shape index (κ2) is 15.0. The van der Waals surface area contributed by atoms with Crippen molar-refractivity contribution in [1.29, 1.82) is 0 Å². The average Bonchev–Trinajstić information content (AvgIpc) is 3.45. The molecular weight excluding hydrogens is 542 g/mol. The van der Waals surface area contributed by atoms with Crippen LogP contribution in [0.4, 0.5) is 0 Å². The van der Waals surface area contributed by atoms with E-state index in [1.54, 1.807) is 26.0 Å². The Bertz CT molecular complexity index is 1250. The molecule has 2 aromatic carbocycles. The van der Waals surface area contributed by atoms with Crippen LogP contribution in [-0.4, -0.2) is 82.0 Å². The number of phenolic OH excluding ortho intramolecular Hbond substituents is 1. The van der Waals surface area contributed by atoms with Crippen molar-refractivity contribution in [3.63, 3.8) is 0 Å². The number of likely N-dealkylation sites (tertiary alicyclic amines) is 1. The number of amides is 4. The molecule has 1 saturated heterocycles. The molecule has 0 aromatic heterocycles. The highest BCUT2D eigenvalue weighted by molar-refractivity contribution is 5.94. The molecule has 0 aliphatic carbocycles. The molecule has 4 atom stereocenters. The zero-order valence-electron chi connectivity index (χ0n) is 23.8. The van der Waals surface area contributed by atoms with Crippen molar-refractivity contribution in [1.82, 2.24) is 20.9 Å². The third-order valence-electron chi connectivity index (χ3n) is 7.16. The van der Waals surface area contributed by atoms with Gasteiger partial charge in [0.2, 0.25) is 23.6 Å². The van der Waals surface area contributed by atoms with Crippen molar-refractivity contribution < 1.29 is 34.2 Å². The summed E-state index contributed by atoms with van der Waals surface area (Å²) >= 11 is 0. The predicted octanol–water partition coefficient (Wildman–Crippen LogP) is 0.322. The molecular formula is C30H39N5O7. The van der Waals surface area contributed by atoms with Crippen LogP contribution in [0.25, 0.3) is 0 Å². The summed E-state index contributed by atoms with van der Waals surface area (Å²) in [5.41, 5.74) is 7.64. The first-order valence-electron chi connectivity index (χ1n) is 13.9. The van der Waals surface area contributed by atoms with Crippen LogP contribution < -0.4 is 21.7 Å². The third kappa shape index (κ3) is 9.03. The van der Waals surface area contributed by atoms with Crippen molar-refractivity contribution in [2.75, 3.05) is 13.1 Å². The number of carbonyl (C=O) groups excluding carboxylic acids is 4. The van der Waals surface area contributed by atoms with E-state index in [0.717, 1.165) is 5.56 Å². The number of hydrogen-bond donors (Lipinski definition) is 6. The first-order chi connectivity index (χ1) is 20.0. The fourth-order valence-corrected chi connectivity index (χ4v) is 4.80. The molecule has 1 heterocycles. The number of aliphatic carboxylic acids is 1. The molecule has 1 aliphatic heterocycles. The van der Waals surface area contributed by atoms with Gasteiger partial charge in [-0.3, -0.25) is 19.2 Å². The molecule has 0 saturated carbocycles. The standard InChI is InChI=1S/C30H39N5O7/c1-18(2)26(30(41)42)34-29(40)24-9-6-14-35(24)25(37)17-32-28(39)23(16-20-10-12-21(36)13-11-20)33-27(38)22(31)15-19-7-4-3-5-8-19/h3-5,7-8,10-13,18,22-24,26,36H,6,9,14-17,31H2,1-2H3,(H,32,39)(H,33,38)(H,34,40)(H,41,42)/t22?,23-,24-,26?/m0/s1. The number of nitrogens with two attached hydrogens (primary N) is 1. The lowest BCUT2D eigenvalue weighted by Crippen LogP contribution is -2.55. The van der Waals surface area contributed by atoms with E-state index in [1.165, 1.54) is 17.0 Å². The van der Waals surface area contributed by atoms with E-state index in [-0.39, 0.29) is 31.1 Å². The molecule has 226 valence electrons. The molecule has 42 heavy (non-hydrogen) atoms. The van der Waals surface area contributed by atoms with Crippen LogP contribution in [0.5, 0.6) is 5.75 Å². The molecule has 12 heteroatoms. The van der Waals surface area contributed by atoms with Crippen molar-refractivity contribution in [2.24, 2.45) is 11.7 Å². The molecule has 1 fully saturated rings. The van der Waals surface area contributed by atoms with Crippen LogP contribution in [0.15, 0.2) is 54.6 Å². The summed E-state index contributed by atoms with van der Waals surface area (Å²) in [4.78, 5) is 64.9. The van der Waals surface area contributed by atoms with E-state index in [2.05, 4.69) is 16.0 Å². The van der Waals surface area contributed by atoms with Crippen LogP contribution in [-0.2, 0) is 36.8 Å². The molecule has 0 spiro atoms. The minimum atomic E-state index is -1.16. The van der Waals surface area contributed by atoms with Gasteiger partial charge in [0.25, 0.3) is 0 Å². The van der Waals surface area contributed by atoms with E-state index < -0.39 is 60.3 Å². The van der Waals surface area contributed by atoms with Crippen molar-refractivity contribution in [3.8, 4) is 5.75 Å². The Morgan fingerprint density at radius 3 is 2.19 bits per heavy atom. The third-order valence-corrected chi connectivity index (χ3v) is 7.16. The van der Waals surface area contributed by atoms with Crippen LogP contribution in [0.3, 0.4) is 0 Å². The normalized spacial score (nSPS) is 16.8. The van der Waals surface area contributed by atoms with E-state index in [1.807, 2.05) is 30.3 Å². The SMILES string of the molecule is CC(C)C(NC(=O)[C@@H]1CCCN1C(=O)CNC(=O)[C@H](Cc1ccc(O)cc1)NC(=O)C(N)Cc1ccccc1)C(=O)O. The Hall–Kier alpha value is -4.45. The van der Waals surface area contributed by atoms with Crippen LogP contribution in [0.1, 0.15) is 37.8 Å². The van der Waals surface area contributed by atoms with Gasteiger partial charge in [-0.2, -0.15) is 0 Å². The summed E-state index contributed by atoms with van der Waals surface area (Å²) in [6.07, 6.45) is 1.26. The molecule has 2 aromatic rings. The number of carboxylic acid groups (broad SMARTS) is 1. The molecule has 0 bridgehead atoms. The van der Waals surface area contributed by atoms with Gasteiger partial charge < -0.3 is 36.8 Å². The number of benzene rings is 2. The quantitative estimate of drug-likeness (QED) is 0.195. The monoisotopic (exact) mass is 581 g/mol. The van der Waals surface area contributed by atoms with Gasteiger partial charge in [0.05, 0.1) is 12.6 Å². The minimum Gasteiger partial charge on any atom is -0.508 e. The minimum absolute atomic E-state index is 0.0477. The Kier molecular flexibility index (Phi) is 11.4. The number of carbonyl (C=O) groups is 5. The highest BCUT2D eigenvalue weighted by Crippen LogP contribution is 2.18. The molecule has 1 aliphatic rings. The number of hydrogen-bond acceptors (Lipinski definition) is 7. The molecule has 2 unspecified atom stereocenters. The average molecular weight is 582 g/mol. The second-order valence-corrected chi connectivity index (χ2v) is 10.8. The molecule has 7 N–H and O–H groups in total. The summed E-state index contributed by atoms with van der Waals surface area (Å²) in [7, 11) is 0. The number of rotatable bonds is 13.